The van der Waals surface area contributed by atoms with E-state index in [-0.39, 0.29) is 12.6 Å². The average Bonchev–Trinajstić information content (AvgIpc) is 3.23. The molecule has 0 unspecified atom stereocenters. The molecule has 0 aliphatic rings. The lowest BCUT2D eigenvalue weighted by atomic mass is 10.3. The molecule has 0 fully saturated rings. The van der Waals surface area contributed by atoms with Gasteiger partial charge < -0.3 is 10.1 Å². The van der Waals surface area contributed by atoms with E-state index < -0.39 is 0 Å². The molecule has 0 aliphatic carbocycles. The van der Waals surface area contributed by atoms with E-state index in [4.69, 9.17) is 27.9 Å². The Morgan fingerprint density at radius 1 is 1.20 bits per heavy atom. The van der Waals surface area contributed by atoms with Gasteiger partial charge in [-0.3, -0.25) is 9.48 Å². The fraction of sp³-hybridized carbons (Fsp3) is 0.188. The van der Waals surface area contributed by atoms with Crippen molar-refractivity contribution in [3.8, 4) is 5.75 Å². The lowest BCUT2D eigenvalue weighted by Gasteiger charge is -2.07. The molecule has 9 heteroatoms. The summed E-state index contributed by atoms with van der Waals surface area (Å²) in [5.41, 5.74) is 0.307. The highest BCUT2D eigenvalue weighted by Crippen LogP contribution is 2.23. The van der Waals surface area contributed by atoms with Gasteiger partial charge in [0.15, 0.2) is 6.73 Å². The first-order valence-corrected chi connectivity index (χ1v) is 8.24. The first-order chi connectivity index (χ1) is 12.1. The summed E-state index contributed by atoms with van der Waals surface area (Å²) in [4.78, 5) is 12.1. The third kappa shape index (κ3) is 4.74. The van der Waals surface area contributed by atoms with Gasteiger partial charge in [-0.1, -0.05) is 35.3 Å². The molecule has 0 saturated carbocycles. The van der Waals surface area contributed by atoms with Gasteiger partial charge in [-0.2, -0.15) is 10.2 Å². The number of halogens is 2. The predicted octanol–water partition coefficient (Wildman–Crippen LogP) is 2.85. The molecule has 2 heterocycles. The molecular weight excluding hydrogens is 365 g/mol. The van der Waals surface area contributed by atoms with Gasteiger partial charge in [0.25, 0.3) is 5.91 Å². The summed E-state index contributed by atoms with van der Waals surface area (Å²) in [7, 11) is 0. The fourth-order valence-electron chi connectivity index (χ4n) is 2.09. The van der Waals surface area contributed by atoms with Gasteiger partial charge in [0.05, 0.1) is 22.8 Å². The first kappa shape index (κ1) is 17.3. The van der Waals surface area contributed by atoms with E-state index in [1.165, 1.54) is 4.68 Å². The third-order valence-corrected chi connectivity index (χ3v) is 3.80. The van der Waals surface area contributed by atoms with Gasteiger partial charge >= 0.3 is 0 Å². The van der Waals surface area contributed by atoms with E-state index in [2.05, 4.69) is 15.5 Å². The maximum absolute atomic E-state index is 12.1. The van der Waals surface area contributed by atoms with Crippen molar-refractivity contribution in [2.24, 2.45) is 0 Å². The molecule has 3 aromatic rings. The topological polar surface area (TPSA) is 74.0 Å². The number of hydrogen-bond acceptors (Lipinski definition) is 4. The van der Waals surface area contributed by atoms with Crippen LogP contribution in [0.4, 0.5) is 0 Å². The largest absolute Gasteiger partial charge is 0.470 e. The Labute approximate surface area is 154 Å². The minimum atomic E-state index is -0.269. The van der Waals surface area contributed by atoms with Crippen molar-refractivity contribution in [3.63, 3.8) is 0 Å². The predicted molar refractivity (Wildman–Crippen MR) is 93.9 cm³/mol. The van der Waals surface area contributed by atoms with Crippen molar-refractivity contribution < 1.29 is 9.53 Å². The van der Waals surface area contributed by atoms with Gasteiger partial charge in [-0.15, -0.1) is 0 Å². The molecule has 1 aromatic carbocycles. The summed E-state index contributed by atoms with van der Waals surface area (Å²) >= 11 is 11.8. The molecule has 25 heavy (non-hydrogen) atoms. The monoisotopic (exact) mass is 379 g/mol. The van der Waals surface area contributed by atoms with Crippen LogP contribution >= 0.6 is 23.2 Å². The zero-order chi connectivity index (χ0) is 17.6. The summed E-state index contributed by atoms with van der Waals surface area (Å²) in [6, 6.07) is 8.78. The molecule has 0 spiro atoms. The van der Waals surface area contributed by atoms with Crippen molar-refractivity contribution in [1.29, 1.82) is 0 Å². The highest BCUT2D eigenvalue weighted by Gasteiger charge is 2.09. The third-order valence-electron chi connectivity index (χ3n) is 3.29. The van der Waals surface area contributed by atoms with E-state index in [0.717, 1.165) is 0 Å². The van der Waals surface area contributed by atoms with Crippen molar-refractivity contribution in [2.45, 2.75) is 13.3 Å². The number of benzene rings is 1. The van der Waals surface area contributed by atoms with Crippen LogP contribution < -0.4 is 10.1 Å². The summed E-state index contributed by atoms with van der Waals surface area (Å²) in [6.45, 7) is 1.09. The molecule has 0 radical (unpaired) electrons. The molecule has 0 aliphatic heterocycles. The number of aromatic nitrogens is 4. The van der Waals surface area contributed by atoms with Gasteiger partial charge in [0.2, 0.25) is 0 Å². The lowest BCUT2D eigenvalue weighted by molar-refractivity contribution is 0.0945. The van der Waals surface area contributed by atoms with Crippen molar-refractivity contribution >= 4 is 29.1 Å². The maximum atomic E-state index is 12.1. The standard InChI is InChI=1S/C16H15Cl2N5O2/c17-12-9-20-22(10-12)8-6-19-16(24)14-5-7-23(21-14)11-25-15-4-2-1-3-13(15)18/h1-5,7,9-10H,6,8,11H2,(H,19,24). The van der Waals surface area contributed by atoms with E-state index in [1.54, 1.807) is 41.5 Å². The molecule has 130 valence electrons. The van der Waals surface area contributed by atoms with Crippen LogP contribution in [0.15, 0.2) is 48.9 Å². The number of rotatable bonds is 7. The number of hydrogen-bond donors (Lipinski definition) is 1. The first-order valence-electron chi connectivity index (χ1n) is 7.49. The molecule has 0 atom stereocenters. The molecule has 1 N–H and O–H groups in total. The summed E-state index contributed by atoms with van der Waals surface area (Å²) in [5, 5.41) is 12.1. The normalized spacial score (nSPS) is 10.6. The van der Waals surface area contributed by atoms with Gasteiger partial charge in [-0.05, 0) is 18.2 Å². The number of para-hydroxylation sites is 1. The zero-order valence-electron chi connectivity index (χ0n) is 13.1. The number of nitrogens with one attached hydrogen (secondary N) is 1. The quantitative estimate of drug-likeness (QED) is 0.684. The van der Waals surface area contributed by atoms with E-state index in [0.29, 0.717) is 34.6 Å². The second kappa shape index (κ2) is 8.04. The van der Waals surface area contributed by atoms with Crippen molar-refractivity contribution in [2.75, 3.05) is 6.54 Å². The zero-order valence-corrected chi connectivity index (χ0v) is 14.6. The van der Waals surface area contributed by atoms with Crippen molar-refractivity contribution in [3.05, 3.63) is 64.7 Å². The van der Waals surface area contributed by atoms with Gasteiger partial charge in [0.1, 0.15) is 11.4 Å². The summed E-state index contributed by atoms with van der Waals surface area (Å²) in [6.07, 6.45) is 4.90. The molecule has 3 rings (SSSR count). The Bertz CT molecular complexity index is 862. The highest BCUT2D eigenvalue weighted by atomic mass is 35.5. The van der Waals surface area contributed by atoms with Crippen LogP contribution in [0.3, 0.4) is 0 Å². The SMILES string of the molecule is O=C(NCCn1cc(Cl)cn1)c1ccn(COc2ccccc2Cl)n1. The molecule has 0 bridgehead atoms. The number of nitrogens with zero attached hydrogens (tertiary/aromatic N) is 4. The maximum Gasteiger partial charge on any atom is 0.271 e. The smallest absolute Gasteiger partial charge is 0.271 e. The molecule has 2 aromatic heterocycles. The van der Waals surface area contributed by atoms with Crippen LogP contribution in [0.25, 0.3) is 0 Å². The Morgan fingerprint density at radius 3 is 2.80 bits per heavy atom. The van der Waals surface area contributed by atoms with E-state index >= 15 is 0 Å². The number of carbonyl (C=O) groups is 1. The van der Waals surface area contributed by atoms with Gasteiger partial charge in [-0.25, -0.2) is 4.68 Å². The lowest BCUT2D eigenvalue weighted by Crippen LogP contribution is -2.27. The number of carbonyl (C=O) groups excluding carboxylic acids is 1. The van der Waals surface area contributed by atoms with Crippen LogP contribution in [0.1, 0.15) is 10.5 Å². The van der Waals surface area contributed by atoms with Crippen molar-refractivity contribution in [1.82, 2.24) is 24.9 Å². The molecule has 1 amide bonds. The molecule has 0 saturated heterocycles. The van der Waals surface area contributed by atoms with Crippen LogP contribution in [-0.4, -0.2) is 32.0 Å². The number of amides is 1. The van der Waals surface area contributed by atoms with Crippen LogP contribution in [0.5, 0.6) is 5.75 Å². The Kier molecular flexibility index (Phi) is 5.57. The van der Waals surface area contributed by atoms with E-state index in [9.17, 15) is 4.79 Å². The average molecular weight is 380 g/mol. The Morgan fingerprint density at radius 2 is 2.04 bits per heavy atom. The fourth-order valence-corrected chi connectivity index (χ4v) is 2.43. The van der Waals surface area contributed by atoms with Gasteiger partial charge in [0, 0.05) is 18.9 Å². The second-order valence-corrected chi connectivity index (χ2v) is 5.97. The van der Waals surface area contributed by atoms with Crippen LogP contribution in [-0.2, 0) is 13.3 Å². The Hall–Kier alpha value is -2.51. The number of ether oxygens (including phenoxy) is 1. The van der Waals surface area contributed by atoms with Crippen LogP contribution in [0, 0.1) is 0 Å². The molecule has 7 nitrogen and oxygen atoms in total. The highest BCUT2D eigenvalue weighted by molar-refractivity contribution is 6.32. The summed E-state index contributed by atoms with van der Waals surface area (Å²) in [5.74, 6) is 0.290. The van der Waals surface area contributed by atoms with E-state index in [1.807, 2.05) is 12.1 Å². The van der Waals surface area contributed by atoms with Crippen LogP contribution in [0.2, 0.25) is 10.0 Å². The molecular formula is C16H15Cl2N5O2. The summed E-state index contributed by atoms with van der Waals surface area (Å²) < 4.78 is 8.74. The Balaban J connectivity index is 1.48. The minimum Gasteiger partial charge on any atom is -0.470 e. The second-order valence-electron chi connectivity index (χ2n) is 5.12. The minimum absolute atomic E-state index is 0.156.